The maximum Gasteiger partial charge on any atom is 0.237 e. The van der Waals surface area contributed by atoms with Crippen molar-refractivity contribution in [1.82, 2.24) is 15.1 Å². The number of hydrogen-bond acceptors (Lipinski definition) is 5. The van der Waals surface area contributed by atoms with Crippen molar-refractivity contribution in [2.45, 2.75) is 18.2 Å². The normalized spacial score (nSPS) is 17.0. The summed E-state index contributed by atoms with van der Waals surface area (Å²) in [5.74, 6) is 1.06. The van der Waals surface area contributed by atoms with Crippen LogP contribution in [0.25, 0.3) is 0 Å². The third kappa shape index (κ3) is 3.12. The zero-order chi connectivity index (χ0) is 14.7. The lowest BCUT2D eigenvalue weighted by molar-refractivity contribution is -0.120. The molecule has 0 aliphatic carbocycles. The van der Waals surface area contributed by atoms with E-state index < -0.39 is 0 Å². The Morgan fingerprint density at radius 2 is 2.52 bits per heavy atom. The van der Waals surface area contributed by atoms with Crippen molar-refractivity contribution >= 4 is 29.0 Å². The quantitative estimate of drug-likeness (QED) is 0.935. The standard InChI is InChI=1S/C14H14N4OS2/c15-7-10-8-17-18(9-10)4-3-16-14(19)13-11-1-5-20-12(11)2-6-21-13/h1,5,8-9,13H,2-4,6H2,(H,16,19). The molecule has 5 nitrogen and oxygen atoms in total. The molecule has 3 heterocycles. The fourth-order valence-corrected chi connectivity index (χ4v) is 4.61. The molecular weight excluding hydrogens is 304 g/mol. The number of nitrogens with zero attached hydrogens (tertiary/aromatic N) is 3. The summed E-state index contributed by atoms with van der Waals surface area (Å²) >= 11 is 3.44. The van der Waals surface area contributed by atoms with Crippen LogP contribution in [0.3, 0.4) is 0 Å². The molecule has 108 valence electrons. The number of carbonyl (C=O) groups excluding carboxylic acids is 1. The van der Waals surface area contributed by atoms with Gasteiger partial charge in [-0.05, 0) is 29.2 Å². The Labute approximate surface area is 131 Å². The van der Waals surface area contributed by atoms with E-state index in [1.54, 1.807) is 34.0 Å². The third-order valence-corrected chi connectivity index (χ3v) is 5.55. The van der Waals surface area contributed by atoms with Gasteiger partial charge in [0.2, 0.25) is 5.91 Å². The van der Waals surface area contributed by atoms with Crippen molar-refractivity contribution in [3.63, 3.8) is 0 Å². The first-order valence-electron chi connectivity index (χ1n) is 6.66. The number of thiophene rings is 1. The Bertz CT molecular complexity index is 685. The molecule has 0 bridgehead atoms. The second kappa shape index (κ2) is 6.33. The summed E-state index contributed by atoms with van der Waals surface area (Å²) < 4.78 is 1.67. The molecule has 3 rings (SSSR count). The maximum absolute atomic E-state index is 12.3. The molecule has 0 radical (unpaired) electrons. The topological polar surface area (TPSA) is 70.7 Å². The highest BCUT2D eigenvalue weighted by Gasteiger charge is 2.27. The van der Waals surface area contributed by atoms with Crippen LogP contribution in [0.4, 0.5) is 0 Å². The van der Waals surface area contributed by atoms with Crippen LogP contribution in [-0.2, 0) is 17.8 Å². The number of fused-ring (bicyclic) bond motifs is 1. The number of aromatic nitrogens is 2. The average molecular weight is 318 g/mol. The highest BCUT2D eigenvalue weighted by Crippen LogP contribution is 2.39. The van der Waals surface area contributed by atoms with Gasteiger partial charge < -0.3 is 5.32 Å². The van der Waals surface area contributed by atoms with Crippen molar-refractivity contribution < 1.29 is 4.79 Å². The van der Waals surface area contributed by atoms with E-state index in [1.807, 2.05) is 6.07 Å². The molecule has 1 aliphatic heterocycles. The molecule has 1 unspecified atom stereocenters. The number of nitrogens with one attached hydrogen (secondary N) is 1. The van der Waals surface area contributed by atoms with Crippen molar-refractivity contribution in [1.29, 1.82) is 5.26 Å². The Morgan fingerprint density at radius 3 is 3.33 bits per heavy atom. The van der Waals surface area contributed by atoms with Gasteiger partial charge in [0.05, 0.1) is 18.3 Å². The zero-order valence-corrected chi connectivity index (χ0v) is 12.9. The van der Waals surface area contributed by atoms with E-state index in [-0.39, 0.29) is 11.2 Å². The number of thioether (sulfide) groups is 1. The Morgan fingerprint density at radius 1 is 1.62 bits per heavy atom. The van der Waals surface area contributed by atoms with Gasteiger partial charge in [0.25, 0.3) is 0 Å². The summed E-state index contributed by atoms with van der Waals surface area (Å²) in [5, 5.41) is 17.7. The van der Waals surface area contributed by atoms with Crippen LogP contribution in [-0.4, -0.2) is 28.0 Å². The smallest absolute Gasteiger partial charge is 0.237 e. The van der Waals surface area contributed by atoms with Gasteiger partial charge in [0.1, 0.15) is 11.3 Å². The van der Waals surface area contributed by atoms with E-state index in [0.29, 0.717) is 18.7 Å². The SMILES string of the molecule is N#Cc1cnn(CCNC(=O)C2SCCc3sccc32)c1. The summed E-state index contributed by atoms with van der Waals surface area (Å²) in [7, 11) is 0. The van der Waals surface area contributed by atoms with E-state index in [2.05, 4.69) is 21.9 Å². The minimum atomic E-state index is -0.0905. The van der Waals surface area contributed by atoms with Crippen LogP contribution in [0, 0.1) is 11.3 Å². The predicted octanol–water partition coefficient (Wildman–Crippen LogP) is 1.96. The fraction of sp³-hybridized carbons (Fsp3) is 0.357. The summed E-state index contributed by atoms with van der Waals surface area (Å²) in [5.41, 5.74) is 1.70. The van der Waals surface area contributed by atoms with Crippen LogP contribution in [0.15, 0.2) is 23.8 Å². The van der Waals surface area contributed by atoms with E-state index in [0.717, 1.165) is 12.2 Å². The lowest BCUT2D eigenvalue weighted by atomic mass is 10.1. The molecule has 1 aliphatic rings. The highest BCUT2D eigenvalue weighted by atomic mass is 32.2. The van der Waals surface area contributed by atoms with Gasteiger partial charge in [-0.1, -0.05) is 0 Å². The molecule has 7 heteroatoms. The minimum Gasteiger partial charge on any atom is -0.353 e. The summed E-state index contributed by atoms with van der Waals surface area (Å²) in [6.45, 7) is 1.09. The maximum atomic E-state index is 12.3. The van der Waals surface area contributed by atoms with Crippen molar-refractivity contribution in [3.8, 4) is 6.07 Å². The summed E-state index contributed by atoms with van der Waals surface area (Å²) in [4.78, 5) is 13.6. The van der Waals surface area contributed by atoms with Gasteiger partial charge >= 0.3 is 0 Å². The molecule has 0 saturated heterocycles. The molecule has 0 saturated carbocycles. The van der Waals surface area contributed by atoms with E-state index >= 15 is 0 Å². The number of nitriles is 1. The summed E-state index contributed by atoms with van der Waals surface area (Å²) in [6, 6.07) is 4.09. The molecular formula is C14H14N4OS2. The largest absolute Gasteiger partial charge is 0.353 e. The van der Waals surface area contributed by atoms with Crippen molar-refractivity contribution in [2.75, 3.05) is 12.3 Å². The number of carbonyl (C=O) groups is 1. The van der Waals surface area contributed by atoms with Crippen LogP contribution >= 0.6 is 23.1 Å². The fourth-order valence-electron chi connectivity index (χ4n) is 2.29. The first-order valence-corrected chi connectivity index (χ1v) is 8.59. The number of amides is 1. The number of hydrogen-bond donors (Lipinski definition) is 1. The van der Waals surface area contributed by atoms with Crippen LogP contribution in [0.2, 0.25) is 0 Å². The minimum absolute atomic E-state index is 0.0620. The molecule has 21 heavy (non-hydrogen) atoms. The molecule has 1 atom stereocenters. The van der Waals surface area contributed by atoms with Crippen LogP contribution in [0.5, 0.6) is 0 Å². The van der Waals surface area contributed by atoms with E-state index in [9.17, 15) is 4.79 Å². The second-order valence-electron chi connectivity index (χ2n) is 4.69. The molecule has 0 spiro atoms. The summed E-state index contributed by atoms with van der Waals surface area (Å²) in [6.07, 6.45) is 4.26. The molecule has 2 aromatic rings. The zero-order valence-electron chi connectivity index (χ0n) is 11.3. The number of aryl methyl sites for hydroxylation is 1. The van der Waals surface area contributed by atoms with Gasteiger partial charge in [-0.15, -0.1) is 23.1 Å². The van der Waals surface area contributed by atoms with Gasteiger partial charge in [-0.2, -0.15) is 10.4 Å². The molecule has 2 aromatic heterocycles. The van der Waals surface area contributed by atoms with Gasteiger partial charge in [-0.3, -0.25) is 9.48 Å². The van der Waals surface area contributed by atoms with Crippen LogP contribution in [0.1, 0.15) is 21.3 Å². The van der Waals surface area contributed by atoms with Crippen molar-refractivity contribution in [3.05, 3.63) is 39.8 Å². The first kappa shape index (κ1) is 14.2. The molecule has 1 N–H and O–H groups in total. The highest BCUT2D eigenvalue weighted by molar-refractivity contribution is 8.00. The molecule has 1 amide bonds. The lowest BCUT2D eigenvalue weighted by Crippen LogP contribution is -2.32. The van der Waals surface area contributed by atoms with E-state index in [1.165, 1.54) is 16.6 Å². The average Bonchev–Trinajstić information content (AvgIpc) is 3.15. The molecule has 0 aromatic carbocycles. The van der Waals surface area contributed by atoms with Crippen LogP contribution < -0.4 is 5.32 Å². The Hall–Kier alpha value is -1.78. The Kier molecular flexibility index (Phi) is 4.27. The third-order valence-electron chi connectivity index (χ3n) is 3.32. The van der Waals surface area contributed by atoms with Gasteiger partial charge in [0, 0.05) is 17.6 Å². The monoisotopic (exact) mass is 318 g/mol. The van der Waals surface area contributed by atoms with Gasteiger partial charge in [-0.25, -0.2) is 0 Å². The second-order valence-corrected chi connectivity index (χ2v) is 6.91. The first-order chi connectivity index (χ1) is 10.3. The van der Waals surface area contributed by atoms with E-state index in [4.69, 9.17) is 5.26 Å². The van der Waals surface area contributed by atoms with Gasteiger partial charge in [0.15, 0.2) is 0 Å². The Balaban J connectivity index is 1.55. The lowest BCUT2D eigenvalue weighted by Gasteiger charge is -2.21. The molecule has 0 fully saturated rings. The predicted molar refractivity (Wildman–Crippen MR) is 83.2 cm³/mol. The number of rotatable bonds is 4. The van der Waals surface area contributed by atoms with Crippen molar-refractivity contribution in [2.24, 2.45) is 0 Å².